The second-order valence-corrected chi connectivity index (χ2v) is 5.15. The molecule has 3 N–H and O–H groups in total. The van der Waals surface area contributed by atoms with Crippen molar-refractivity contribution in [3.8, 4) is 0 Å². The lowest BCUT2D eigenvalue weighted by Crippen LogP contribution is -2.35. The number of aromatic nitrogens is 2. The number of nitrogens with one attached hydrogen (secondary N) is 1. The molecule has 0 aliphatic carbocycles. The van der Waals surface area contributed by atoms with Gasteiger partial charge in [0.05, 0.1) is 12.2 Å². The molecule has 6 heteroatoms. The standard InChI is InChI=1S/C14H17ClN4O/c1-9(10-4-3-5-12(15)6-10)18-14(20)13(16)11-7-17-19(2)8-11/h3-9,13H,16H2,1-2H3,(H,18,20). The summed E-state index contributed by atoms with van der Waals surface area (Å²) in [4.78, 5) is 12.1. The smallest absolute Gasteiger partial charge is 0.242 e. The number of benzene rings is 1. The highest BCUT2D eigenvalue weighted by Gasteiger charge is 2.19. The average molecular weight is 293 g/mol. The van der Waals surface area contributed by atoms with Crippen molar-refractivity contribution in [1.29, 1.82) is 0 Å². The van der Waals surface area contributed by atoms with E-state index in [1.807, 2.05) is 25.1 Å². The Kier molecular flexibility index (Phi) is 4.42. The maximum Gasteiger partial charge on any atom is 0.242 e. The first kappa shape index (κ1) is 14.6. The normalized spacial score (nSPS) is 13.8. The van der Waals surface area contributed by atoms with Crippen LogP contribution in [0.4, 0.5) is 0 Å². The summed E-state index contributed by atoms with van der Waals surface area (Å²) in [6, 6.07) is 6.48. The van der Waals surface area contributed by atoms with Gasteiger partial charge in [0, 0.05) is 23.8 Å². The number of hydrogen-bond acceptors (Lipinski definition) is 3. The van der Waals surface area contributed by atoms with E-state index in [1.165, 1.54) is 0 Å². The van der Waals surface area contributed by atoms with E-state index in [0.717, 1.165) is 5.56 Å². The van der Waals surface area contributed by atoms with Gasteiger partial charge in [-0.25, -0.2) is 0 Å². The average Bonchev–Trinajstić information content (AvgIpc) is 2.84. The molecular formula is C14H17ClN4O. The van der Waals surface area contributed by atoms with Crippen LogP contribution in [0, 0.1) is 0 Å². The molecular weight excluding hydrogens is 276 g/mol. The number of halogens is 1. The lowest BCUT2D eigenvalue weighted by atomic mass is 10.1. The molecule has 0 aliphatic heterocycles. The molecule has 0 fully saturated rings. The first-order chi connectivity index (χ1) is 9.47. The minimum Gasteiger partial charge on any atom is -0.348 e. The molecule has 1 amide bonds. The summed E-state index contributed by atoms with van der Waals surface area (Å²) in [5, 5.41) is 7.52. The van der Waals surface area contributed by atoms with Crippen molar-refractivity contribution in [2.45, 2.75) is 19.0 Å². The zero-order valence-corrected chi connectivity index (χ0v) is 12.1. The van der Waals surface area contributed by atoms with E-state index in [2.05, 4.69) is 10.4 Å². The van der Waals surface area contributed by atoms with Crippen molar-refractivity contribution < 1.29 is 4.79 Å². The topological polar surface area (TPSA) is 72.9 Å². The van der Waals surface area contributed by atoms with Crippen molar-refractivity contribution in [3.63, 3.8) is 0 Å². The van der Waals surface area contributed by atoms with E-state index in [9.17, 15) is 4.79 Å². The van der Waals surface area contributed by atoms with Crippen LogP contribution in [0.5, 0.6) is 0 Å². The minimum atomic E-state index is -0.731. The fourth-order valence-electron chi connectivity index (χ4n) is 1.91. The molecule has 0 saturated carbocycles. The highest BCUT2D eigenvalue weighted by molar-refractivity contribution is 6.30. The van der Waals surface area contributed by atoms with Crippen LogP contribution >= 0.6 is 11.6 Å². The molecule has 1 aromatic heterocycles. The third-order valence-corrected chi connectivity index (χ3v) is 3.31. The van der Waals surface area contributed by atoms with Gasteiger partial charge >= 0.3 is 0 Å². The van der Waals surface area contributed by atoms with Gasteiger partial charge in [-0.3, -0.25) is 9.48 Å². The van der Waals surface area contributed by atoms with Crippen molar-refractivity contribution in [1.82, 2.24) is 15.1 Å². The maximum absolute atomic E-state index is 12.1. The van der Waals surface area contributed by atoms with Gasteiger partial charge in [-0.15, -0.1) is 0 Å². The molecule has 0 spiro atoms. The van der Waals surface area contributed by atoms with Crippen LogP contribution in [-0.4, -0.2) is 15.7 Å². The van der Waals surface area contributed by atoms with Crippen molar-refractivity contribution in [3.05, 3.63) is 52.8 Å². The largest absolute Gasteiger partial charge is 0.348 e. The third kappa shape index (κ3) is 3.37. The Morgan fingerprint density at radius 1 is 1.45 bits per heavy atom. The summed E-state index contributed by atoms with van der Waals surface area (Å²) in [5.74, 6) is -0.245. The number of nitrogens with two attached hydrogens (primary N) is 1. The van der Waals surface area contributed by atoms with E-state index in [0.29, 0.717) is 10.6 Å². The number of amides is 1. The molecule has 0 radical (unpaired) electrons. The summed E-state index contributed by atoms with van der Waals surface area (Å²) in [6.45, 7) is 1.89. The number of rotatable bonds is 4. The quantitative estimate of drug-likeness (QED) is 0.904. The first-order valence-electron chi connectivity index (χ1n) is 6.27. The third-order valence-electron chi connectivity index (χ3n) is 3.07. The van der Waals surface area contributed by atoms with E-state index in [1.54, 1.807) is 30.2 Å². The second kappa shape index (κ2) is 6.07. The molecule has 1 aromatic carbocycles. The van der Waals surface area contributed by atoms with Crippen molar-refractivity contribution >= 4 is 17.5 Å². The van der Waals surface area contributed by atoms with Crippen LogP contribution in [0.3, 0.4) is 0 Å². The van der Waals surface area contributed by atoms with Crippen LogP contribution < -0.4 is 11.1 Å². The maximum atomic E-state index is 12.1. The summed E-state index contributed by atoms with van der Waals surface area (Å²) in [7, 11) is 1.78. The summed E-state index contributed by atoms with van der Waals surface area (Å²) in [6.07, 6.45) is 3.32. The summed E-state index contributed by atoms with van der Waals surface area (Å²) in [5.41, 5.74) is 7.53. The van der Waals surface area contributed by atoms with E-state index in [-0.39, 0.29) is 11.9 Å². The minimum absolute atomic E-state index is 0.163. The molecule has 106 valence electrons. The van der Waals surface area contributed by atoms with E-state index < -0.39 is 6.04 Å². The van der Waals surface area contributed by atoms with E-state index >= 15 is 0 Å². The van der Waals surface area contributed by atoms with E-state index in [4.69, 9.17) is 17.3 Å². The Morgan fingerprint density at radius 2 is 2.20 bits per heavy atom. The van der Waals surface area contributed by atoms with Crippen LogP contribution in [0.25, 0.3) is 0 Å². The summed E-state index contributed by atoms with van der Waals surface area (Å²) >= 11 is 5.94. The zero-order chi connectivity index (χ0) is 14.7. The number of carbonyl (C=O) groups excluding carboxylic acids is 1. The number of aryl methyl sites for hydroxylation is 1. The fraction of sp³-hybridized carbons (Fsp3) is 0.286. The van der Waals surface area contributed by atoms with Crippen LogP contribution in [0.15, 0.2) is 36.7 Å². The molecule has 2 atom stereocenters. The van der Waals surface area contributed by atoms with Gasteiger partial charge in [-0.05, 0) is 24.6 Å². The van der Waals surface area contributed by atoms with Gasteiger partial charge in [0.2, 0.25) is 5.91 Å². The van der Waals surface area contributed by atoms with Gasteiger partial charge < -0.3 is 11.1 Å². The number of carbonyl (C=O) groups is 1. The molecule has 20 heavy (non-hydrogen) atoms. The Bertz CT molecular complexity index is 611. The lowest BCUT2D eigenvalue weighted by molar-refractivity contribution is -0.123. The van der Waals surface area contributed by atoms with Crippen LogP contribution in [0.2, 0.25) is 5.02 Å². The Labute approximate surface area is 122 Å². The van der Waals surface area contributed by atoms with Gasteiger partial charge in [0.1, 0.15) is 6.04 Å². The van der Waals surface area contributed by atoms with Crippen LogP contribution in [0.1, 0.15) is 30.1 Å². The molecule has 2 rings (SSSR count). The SMILES string of the molecule is CC(NC(=O)C(N)c1cnn(C)c1)c1cccc(Cl)c1. The lowest BCUT2D eigenvalue weighted by Gasteiger charge is -2.17. The Hall–Kier alpha value is -1.85. The van der Waals surface area contributed by atoms with Gasteiger partial charge in [-0.1, -0.05) is 23.7 Å². The Balaban J connectivity index is 2.04. The molecule has 0 bridgehead atoms. The van der Waals surface area contributed by atoms with Crippen molar-refractivity contribution in [2.24, 2.45) is 12.8 Å². The fourth-order valence-corrected chi connectivity index (χ4v) is 2.11. The molecule has 0 saturated heterocycles. The Morgan fingerprint density at radius 3 is 2.80 bits per heavy atom. The highest BCUT2D eigenvalue weighted by atomic mass is 35.5. The number of hydrogen-bond donors (Lipinski definition) is 2. The first-order valence-corrected chi connectivity index (χ1v) is 6.65. The molecule has 0 aliphatic rings. The summed E-state index contributed by atoms with van der Waals surface area (Å²) < 4.78 is 1.61. The van der Waals surface area contributed by atoms with Crippen LogP contribution in [-0.2, 0) is 11.8 Å². The zero-order valence-electron chi connectivity index (χ0n) is 11.4. The monoisotopic (exact) mass is 292 g/mol. The number of nitrogens with zero attached hydrogens (tertiary/aromatic N) is 2. The molecule has 5 nitrogen and oxygen atoms in total. The molecule has 1 heterocycles. The predicted molar refractivity (Wildman–Crippen MR) is 78.1 cm³/mol. The van der Waals surface area contributed by atoms with Gasteiger partial charge in [0.25, 0.3) is 0 Å². The predicted octanol–water partition coefficient (Wildman–Crippen LogP) is 1.95. The highest BCUT2D eigenvalue weighted by Crippen LogP contribution is 2.18. The molecule has 2 unspecified atom stereocenters. The second-order valence-electron chi connectivity index (χ2n) is 4.71. The van der Waals surface area contributed by atoms with Gasteiger partial charge in [-0.2, -0.15) is 5.10 Å². The van der Waals surface area contributed by atoms with Crippen molar-refractivity contribution in [2.75, 3.05) is 0 Å². The van der Waals surface area contributed by atoms with Gasteiger partial charge in [0.15, 0.2) is 0 Å². The molecule has 2 aromatic rings.